The van der Waals surface area contributed by atoms with E-state index in [9.17, 15) is 13.2 Å². The molecule has 0 atom stereocenters. The molecule has 0 amide bonds. The van der Waals surface area contributed by atoms with Gasteiger partial charge >= 0.3 is 0 Å². The van der Waals surface area contributed by atoms with Crippen LogP contribution in [0.2, 0.25) is 0 Å². The molecule has 66 valence electrons. The second kappa shape index (κ2) is 2.88. The fourth-order valence-electron chi connectivity index (χ4n) is 0.689. The molecule has 0 unspecified atom stereocenters. The van der Waals surface area contributed by atoms with Crippen molar-refractivity contribution in [3.63, 3.8) is 0 Å². The lowest BCUT2D eigenvalue weighted by Crippen LogP contribution is -2.03. The molecule has 0 radical (unpaired) electrons. The fraction of sp³-hybridized carbons (Fsp3) is 0.167. The molecule has 1 heterocycles. The average Bonchev–Trinajstić information content (AvgIpc) is 1.96. The van der Waals surface area contributed by atoms with Crippen molar-refractivity contribution in [2.75, 3.05) is 11.5 Å². The van der Waals surface area contributed by atoms with Crippen LogP contribution in [0.15, 0.2) is 6.07 Å². The third-order valence-electron chi connectivity index (χ3n) is 1.30. The van der Waals surface area contributed by atoms with Crippen molar-refractivity contribution in [2.24, 2.45) is 0 Å². The van der Waals surface area contributed by atoms with Gasteiger partial charge in [0, 0.05) is 0 Å². The van der Waals surface area contributed by atoms with Crippen molar-refractivity contribution in [1.82, 2.24) is 4.98 Å². The number of halogens is 3. The largest absolute Gasteiger partial charge is 0.396 e. The highest BCUT2D eigenvalue weighted by molar-refractivity contribution is 5.58. The summed E-state index contributed by atoms with van der Waals surface area (Å²) < 4.78 is 36.5. The van der Waals surface area contributed by atoms with Crippen LogP contribution in [0.3, 0.4) is 0 Å². The molecule has 4 N–H and O–H groups in total. The molecule has 1 rings (SSSR count). The minimum atomic E-state index is -2.93. The molecule has 3 nitrogen and oxygen atoms in total. The van der Waals surface area contributed by atoms with E-state index in [1.54, 1.807) is 0 Å². The molecule has 12 heavy (non-hydrogen) atoms. The van der Waals surface area contributed by atoms with Crippen molar-refractivity contribution in [1.29, 1.82) is 0 Å². The Bertz CT molecular complexity index is 300. The minimum absolute atomic E-state index is 0.147. The van der Waals surface area contributed by atoms with Crippen LogP contribution >= 0.6 is 0 Å². The Balaban J connectivity index is 3.23. The van der Waals surface area contributed by atoms with Gasteiger partial charge in [-0.1, -0.05) is 0 Å². The molecule has 1 aromatic heterocycles. The van der Waals surface area contributed by atoms with Gasteiger partial charge in [0.2, 0.25) is 5.95 Å². The van der Waals surface area contributed by atoms with Crippen molar-refractivity contribution < 1.29 is 13.2 Å². The summed E-state index contributed by atoms with van der Waals surface area (Å²) in [6, 6.07) is 0.780. The number of anilines is 2. The van der Waals surface area contributed by atoms with E-state index < -0.39 is 17.9 Å². The maximum Gasteiger partial charge on any atom is 0.268 e. The third-order valence-corrected chi connectivity index (χ3v) is 1.30. The first-order valence-corrected chi connectivity index (χ1v) is 3.02. The van der Waals surface area contributed by atoms with E-state index in [-0.39, 0.29) is 11.5 Å². The van der Waals surface area contributed by atoms with Gasteiger partial charge in [0.15, 0.2) is 0 Å². The number of pyridine rings is 1. The zero-order chi connectivity index (χ0) is 9.30. The van der Waals surface area contributed by atoms with Crippen LogP contribution < -0.4 is 11.5 Å². The zero-order valence-corrected chi connectivity index (χ0v) is 5.89. The van der Waals surface area contributed by atoms with Gasteiger partial charge in [0.05, 0.1) is 11.3 Å². The summed E-state index contributed by atoms with van der Waals surface area (Å²) in [6.07, 6.45) is -2.93. The molecule has 0 aliphatic carbocycles. The topological polar surface area (TPSA) is 64.9 Å². The molecule has 6 heteroatoms. The van der Waals surface area contributed by atoms with Gasteiger partial charge in [0.1, 0.15) is 5.82 Å². The maximum absolute atomic E-state index is 12.6. The number of hydrogen-bond acceptors (Lipinski definition) is 3. The highest BCUT2D eigenvalue weighted by atomic mass is 19.3. The molecule has 0 fully saturated rings. The second-order valence-corrected chi connectivity index (χ2v) is 2.14. The van der Waals surface area contributed by atoms with Crippen LogP contribution in [0.1, 0.15) is 12.0 Å². The summed E-state index contributed by atoms with van der Waals surface area (Å²) in [5.74, 6) is -1.56. The molecular formula is C6H6F3N3. The molecule has 0 bridgehead atoms. The van der Waals surface area contributed by atoms with Gasteiger partial charge in [-0.25, -0.2) is 13.8 Å². The SMILES string of the molecule is Nc1cc(C(F)F)c(F)nc1N. The quantitative estimate of drug-likeness (QED) is 0.636. The predicted molar refractivity (Wildman–Crippen MR) is 38.0 cm³/mol. The van der Waals surface area contributed by atoms with E-state index in [0.717, 1.165) is 6.07 Å². The predicted octanol–water partition coefficient (Wildman–Crippen LogP) is 1.32. The summed E-state index contributed by atoms with van der Waals surface area (Å²) >= 11 is 0. The van der Waals surface area contributed by atoms with Gasteiger partial charge < -0.3 is 11.5 Å². The van der Waals surface area contributed by atoms with Gasteiger partial charge in [-0.3, -0.25) is 0 Å². The highest BCUT2D eigenvalue weighted by Crippen LogP contribution is 2.25. The first-order chi connectivity index (χ1) is 5.52. The average molecular weight is 177 g/mol. The van der Waals surface area contributed by atoms with E-state index in [0.29, 0.717) is 0 Å². The van der Waals surface area contributed by atoms with Crippen LogP contribution in [0, 0.1) is 5.95 Å². The molecule has 0 saturated heterocycles. The molecule has 0 spiro atoms. The summed E-state index contributed by atoms with van der Waals surface area (Å²) in [5, 5.41) is 0. The second-order valence-electron chi connectivity index (χ2n) is 2.14. The Morgan fingerprint density at radius 2 is 1.92 bits per heavy atom. The van der Waals surface area contributed by atoms with E-state index in [1.165, 1.54) is 0 Å². The Kier molecular flexibility index (Phi) is 2.07. The Hall–Kier alpha value is -1.46. The zero-order valence-electron chi connectivity index (χ0n) is 5.89. The normalized spacial score (nSPS) is 10.7. The summed E-state index contributed by atoms with van der Waals surface area (Å²) in [6.45, 7) is 0. The van der Waals surface area contributed by atoms with Crippen LogP contribution in [0.25, 0.3) is 0 Å². The number of nitrogen functional groups attached to an aromatic ring is 2. The number of aromatic nitrogens is 1. The monoisotopic (exact) mass is 177 g/mol. The number of alkyl halides is 2. The summed E-state index contributed by atoms with van der Waals surface area (Å²) in [7, 11) is 0. The van der Waals surface area contributed by atoms with Crippen molar-refractivity contribution in [3.05, 3.63) is 17.6 Å². The van der Waals surface area contributed by atoms with E-state index in [1.807, 2.05) is 0 Å². The summed E-state index contributed by atoms with van der Waals surface area (Å²) in [4.78, 5) is 3.00. The maximum atomic E-state index is 12.6. The number of hydrogen-bond donors (Lipinski definition) is 2. The number of nitrogens with two attached hydrogens (primary N) is 2. The minimum Gasteiger partial charge on any atom is -0.396 e. The Morgan fingerprint density at radius 1 is 1.33 bits per heavy atom. The van der Waals surface area contributed by atoms with Gasteiger partial charge in [-0.05, 0) is 6.07 Å². The van der Waals surface area contributed by atoms with Gasteiger partial charge in [-0.15, -0.1) is 0 Å². The van der Waals surface area contributed by atoms with Crippen LogP contribution in [-0.2, 0) is 0 Å². The Morgan fingerprint density at radius 3 is 2.42 bits per heavy atom. The fourth-order valence-corrected chi connectivity index (χ4v) is 0.689. The number of rotatable bonds is 1. The van der Waals surface area contributed by atoms with Crippen molar-refractivity contribution in [3.8, 4) is 0 Å². The first kappa shape index (κ1) is 8.63. The van der Waals surface area contributed by atoms with Crippen molar-refractivity contribution >= 4 is 11.5 Å². The highest BCUT2D eigenvalue weighted by Gasteiger charge is 2.16. The molecule has 0 saturated carbocycles. The number of nitrogens with zero attached hydrogens (tertiary/aromatic N) is 1. The van der Waals surface area contributed by atoms with E-state index in [2.05, 4.69) is 4.98 Å². The van der Waals surface area contributed by atoms with E-state index >= 15 is 0 Å². The standard InChI is InChI=1S/C6H6F3N3/c7-4(8)2-1-3(10)6(11)12-5(2)9/h1,4H,10H2,(H2,11,12). The molecule has 0 aromatic carbocycles. The molecule has 0 aliphatic rings. The lowest BCUT2D eigenvalue weighted by molar-refractivity contribution is 0.145. The summed E-state index contributed by atoms with van der Waals surface area (Å²) in [5.41, 5.74) is 9.23. The van der Waals surface area contributed by atoms with Crippen LogP contribution in [0.5, 0.6) is 0 Å². The van der Waals surface area contributed by atoms with Crippen LogP contribution in [0.4, 0.5) is 24.7 Å². The van der Waals surface area contributed by atoms with Gasteiger partial charge in [-0.2, -0.15) is 4.39 Å². The third kappa shape index (κ3) is 1.41. The lowest BCUT2D eigenvalue weighted by atomic mass is 10.2. The smallest absolute Gasteiger partial charge is 0.268 e. The van der Waals surface area contributed by atoms with Gasteiger partial charge in [0.25, 0.3) is 6.43 Å². The lowest BCUT2D eigenvalue weighted by Gasteiger charge is -2.03. The molecular weight excluding hydrogens is 171 g/mol. The van der Waals surface area contributed by atoms with Crippen LogP contribution in [-0.4, -0.2) is 4.98 Å². The molecule has 1 aromatic rings. The van der Waals surface area contributed by atoms with Crippen molar-refractivity contribution in [2.45, 2.75) is 6.43 Å². The first-order valence-electron chi connectivity index (χ1n) is 3.02. The molecule has 0 aliphatic heterocycles. The Labute approximate surface area is 66.2 Å². The van der Waals surface area contributed by atoms with E-state index in [4.69, 9.17) is 11.5 Å².